The summed E-state index contributed by atoms with van der Waals surface area (Å²) >= 11 is 0. The first-order chi connectivity index (χ1) is 11.1. The molecule has 0 bridgehead atoms. The molecular formula is C15H14F3NO5. The van der Waals surface area contributed by atoms with Crippen LogP contribution >= 0.6 is 0 Å². The van der Waals surface area contributed by atoms with Gasteiger partial charge >= 0.3 is 6.18 Å². The zero-order chi connectivity index (χ0) is 18.2. The number of nitrogens with zero attached hydrogens (tertiary/aromatic N) is 1. The molecule has 24 heavy (non-hydrogen) atoms. The van der Waals surface area contributed by atoms with E-state index in [1.165, 1.54) is 24.3 Å². The minimum Gasteiger partial charge on any atom is -0.512 e. The fourth-order valence-corrected chi connectivity index (χ4v) is 2.93. The standard InChI is InChI=1S/C15H14F3NO5/c1-7(20)11(8(2)21)12-9-5-3-4-6-10(9)24-14(15(16,17)18)13(12)19(22)23/h3-6,12-14,20H,1-2H3/b11-7-/t12-,13+,14-/m0/s1. The first-order valence-electron chi connectivity index (χ1n) is 6.92. The molecule has 1 aliphatic heterocycles. The molecule has 2 rings (SSSR count). The van der Waals surface area contributed by atoms with Crippen molar-refractivity contribution in [3.05, 3.63) is 51.3 Å². The van der Waals surface area contributed by atoms with E-state index in [9.17, 15) is 33.2 Å². The Kier molecular flexibility index (Phi) is 4.54. The lowest BCUT2D eigenvalue weighted by Crippen LogP contribution is -2.54. The predicted molar refractivity (Wildman–Crippen MR) is 76.4 cm³/mol. The van der Waals surface area contributed by atoms with Crippen LogP contribution in [0, 0.1) is 10.1 Å². The summed E-state index contributed by atoms with van der Waals surface area (Å²) in [6.07, 6.45) is -7.75. The Morgan fingerprint density at radius 2 is 1.88 bits per heavy atom. The van der Waals surface area contributed by atoms with Gasteiger partial charge in [-0.25, -0.2) is 0 Å². The number of allylic oxidation sites excluding steroid dienone is 1. The minimum absolute atomic E-state index is 0.0540. The number of benzene rings is 1. The summed E-state index contributed by atoms with van der Waals surface area (Å²) < 4.78 is 44.7. The minimum atomic E-state index is -5.02. The van der Waals surface area contributed by atoms with E-state index in [1.807, 2.05) is 0 Å². The van der Waals surface area contributed by atoms with E-state index in [-0.39, 0.29) is 11.3 Å². The number of aliphatic hydroxyl groups excluding tert-OH is 1. The van der Waals surface area contributed by atoms with Crippen LogP contribution in [0.5, 0.6) is 5.75 Å². The monoisotopic (exact) mass is 345 g/mol. The SMILES string of the molecule is CC(=O)/C(=C(\C)O)[C@@H]1c2ccccc2O[C@H](C(F)(F)F)[C@@H]1[N+](=O)[O-]. The fraction of sp³-hybridized carbons (Fsp3) is 0.400. The number of rotatable bonds is 3. The molecule has 0 aliphatic carbocycles. The highest BCUT2D eigenvalue weighted by atomic mass is 19.4. The first kappa shape index (κ1) is 17.8. The highest BCUT2D eigenvalue weighted by Gasteiger charge is 2.60. The molecule has 1 N–H and O–H groups in total. The lowest BCUT2D eigenvalue weighted by Gasteiger charge is -2.35. The molecule has 0 amide bonds. The molecule has 0 saturated carbocycles. The van der Waals surface area contributed by atoms with Crippen LogP contribution in [0.3, 0.4) is 0 Å². The summed E-state index contributed by atoms with van der Waals surface area (Å²) in [5, 5.41) is 21.2. The lowest BCUT2D eigenvalue weighted by atomic mass is 9.78. The van der Waals surface area contributed by atoms with Crippen molar-refractivity contribution in [1.82, 2.24) is 0 Å². The number of halogens is 3. The number of ether oxygens (including phenoxy) is 1. The Labute approximate surface area is 134 Å². The van der Waals surface area contributed by atoms with E-state index in [0.29, 0.717) is 0 Å². The number of alkyl halides is 3. The molecule has 1 aromatic carbocycles. The molecule has 0 radical (unpaired) electrons. The molecule has 3 atom stereocenters. The van der Waals surface area contributed by atoms with E-state index in [0.717, 1.165) is 13.8 Å². The zero-order valence-corrected chi connectivity index (χ0v) is 12.7. The van der Waals surface area contributed by atoms with Gasteiger partial charge in [0.15, 0.2) is 5.78 Å². The maximum absolute atomic E-state index is 13.3. The van der Waals surface area contributed by atoms with Crippen LogP contribution in [0.1, 0.15) is 25.3 Å². The Bertz CT molecular complexity index is 709. The van der Waals surface area contributed by atoms with Gasteiger partial charge in [0.2, 0.25) is 0 Å². The van der Waals surface area contributed by atoms with Gasteiger partial charge in [-0.1, -0.05) is 18.2 Å². The second-order valence-electron chi connectivity index (χ2n) is 5.43. The third-order valence-corrected chi connectivity index (χ3v) is 3.81. The average Bonchev–Trinajstić information content (AvgIpc) is 2.44. The number of carbonyl (C=O) groups excluding carboxylic acids is 1. The van der Waals surface area contributed by atoms with Crippen LogP contribution in [0.25, 0.3) is 0 Å². The number of nitro groups is 1. The molecular weight excluding hydrogens is 331 g/mol. The van der Waals surface area contributed by atoms with Crippen LogP contribution in [0.15, 0.2) is 35.6 Å². The van der Waals surface area contributed by atoms with Gasteiger partial charge in [0.1, 0.15) is 5.75 Å². The number of aliphatic hydroxyl groups is 1. The van der Waals surface area contributed by atoms with Gasteiger partial charge in [-0.2, -0.15) is 13.2 Å². The summed E-state index contributed by atoms with van der Waals surface area (Å²) in [7, 11) is 0. The van der Waals surface area contributed by atoms with Crippen molar-refractivity contribution in [2.75, 3.05) is 0 Å². The van der Waals surface area contributed by atoms with Gasteiger partial charge in [0.05, 0.1) is 11.7 Å². The number of fused-ring (bicyclic) bond motifs is 1. The predicted octanol–water partition coefficient (Wildman–Crippen LogP) is 3.16. The molecule has 1 aliphatic rings. The van der Waals surface area contributed by atoms with Crippen LogP contribution in [0.4, 0.5) is 13.2 Å². The van der Waals surface area contributed by atoms with E-state index < -0.39 is 46.3 Å². The van der Waals surface area contributed by atoms with E-state index in [1.54, 1.807) is 0 Å². The Balaban J connectivity index is 2.77. The molecule has 130 valence electrons. The quantitative estimate of drug-likeness (QED) is 0.393. The number of para-hydroxylation sites is 1. The lowest BCUT2D eigenvalue weighted by molar-refractivity contribution is -0.546. The maximum Gasteiger partial charge on any atom is 0.432 e. The molecule has 6 nitrogen and oxygen atoms in total. The van der Waals surface area contributed by atoms with E-state index in [2.05, 4.69) is 0 Å². The summed E-state index contributed by atoms with van der Waals surface area (Å²) in [4.78, 5) is 22.1. The number of hydrogen-bond donors (Lipinski definition) is 1. The van der Waals surface area contributed by atoms with Crippen molar-refractivity contribution in [2.24, 2.45) is 0 Å². The highest BCUT2D eigenvalue weighted by Crippen LogP contribution is 2.46. The first-order valence-corrected chi connectivity index (χ1v) is 6.92. The van der Waals surface area contributed by atoms with Gasteiger partial charge in [-0.15, -0.1) is 0 Å². The largest absolute Gasteiger partial charge is 0.512 e. The number of ketones is 1. The van der Waals surface area contributed by atoms with Crippen LogP contribution in [0.2, 0.25) is 0 Å². The highest BCUT2D eigenvalue weighted by molar-refractivity contribution is 5.95. The second kappa shape index (κ2) is 6.14. The summed E-state index contributed by atoms with van der Waals surface area (Å²) in [5.74, 6) is -3.08. The Morgan fingerprint density at radius 1 is 1.29 bits per heavy atom. The molecule has 1 heterocycles. The van der Waals surface area contributed by atoms with Crippen molar-refractivity contribution in [3.63, 3.8) is 0 Å². The van der Waals surface area contributed by atoms with Gasteiger partial charge < -0.3 is 9.84 Å². The smallest absolute Gasteiger partial charge is 0.432 e. The number of carbonyl (C=O) groups is 1. The van der Waals surface area contributed by atoms with Crippen molar-refractivity contribution in [2.45, 2.75) is 38.1 Å². The normalized spacial score (nSPS) is 24.5. The number of hydrogen-bond acceptors (Lipinski definition) is 5. The maximum atomic E-state index is 13.3. The third kappa shape index (κ3) is 3.06. The zero-order valence-electron chi connectivity index (χ0n) is 12.7. The van der Waals surface area contributed by atoms with Crippen molar-refractivity contribution in [3.8, 4) is 5.75 Å². The van der Waals surface area contributed by atoms with E-state index >= 15 is 0 Å². The van der Waals surface area contributed by atoms with Gasteiger partial charge in [-0.3, -0.25) is 14.9 Å². The molecule has 0 saturated heterocycles. The molecule has 0 aromatic heterocycles. The molecule has 0 spiro atoms. The Morgan fingerprint density at radius 3 is 2.33 bits per heavy atom. The summed E-state index contributed by atoms with van der Waals surface area (Å²) in [6.45, 7) is 2.14. The second-order valence-corrected chi connectivity index (χ2v) is 5.43. The third-order valence-electron chi connectivity index (χ3n) is 3.81. The summed E-state index contributed by atoms with van der Waals surface area (Å²) in [6, 6.07) is 3.17. The van der Waals surface area contributed by atoms with Crippen molar-refractivity contribution >= 4 is 5.78 Å². The molecule has 0 fully saturated rings. The van der Waals surface area contributed by atoms with Gasteiger partial charge in [-0.05, 0) is 19.9 Å². The van der Waals surface area contributed by atoms with Crippen molar-refractivity contribution < 1.29 is 32.7 Å². The van der Waals surface area contributed by atoms with Crippen LogP contribution in [-0.2, 0) is 4.79 Å². The van der Waals surface area contributed by atoms with Crippen LogP contribution in [-0.4, -0.2) is 34.1 Å². The van der Waals surface area contributed by atoms with E-state index in [4.69, 9.17) is 4.74 Å². The number of Topliss-reactive ketones (excluding diaryl/α,β-unsaturated/α-hetero) is 1. The Hall–Kier alpha value is -2.58. The molecule has 9 heteroatoms. The van der Waals surface area contributed by atoms with Crippen molar-refractivity contribution in [1.29, 1.82) is 0 Å². The molecule has 1 aromatic rings. The summed E-state index contributed by atoms with van der Waals surface area (Å²) in [5.41, 5.74) is -0.375. The van der Waals surface area contributed by atoms with Gasteiger partial charge in [0, 0.05) is 16.1 Å². The molecule has 0 unspecified atom stereocenters. The fourth-order valence-electron chi connectivity index (χ4n) is 2.93. The topological polar surface area (TPSA) is 89.7 Å². The van der Waals surface area contributed by atoms with Crippen LogP contribution < -0.4 is 4.74 Å². The van der Waals surface area contributed by atoms with Gasteiger partial charge in [0.25, 0.3) is 12.1 Å². The average molecular weight is 345 g/mol.